The summed E-state index contributed by atoms with van der Waals surface area (Å²) in [6, 6.07) is 34.5. The predicted molar refractivity (Wildman–Crippen MR) is 354 cm³/mol. The van der Waals surface area contributed by atoms with Crippen molar-refractivity contribution >= 4 is 22.8 Å². The van der Waals surface area contributed by atoms with Gasteiger partial charge in [0.15, 0.2) is 0 Å². The van der Waals surface area contributed by atoms with Crippen molar-refractivity contribution in [3.63, 3.8) is 0 Å². The van der Waals surface area contributed by atoms with Gasteiger partial charge >= 0.3 is 0 Å². The molecule has 79 heavy (non-hydrogen) atoms. The Labute approximate surface area is 483 Å². The van der Waals surface area contributed by atoms with Gasteiger partial charge in [0.05, 0.1) is 11.4 Å². The van der Waals surface area contributed by atoms with Gasteiger partial charge in [-0.1, -0.05) is 215 Å². The molecule has 6 rings (SSSR count). The molecule has 0 fully saturated rings. The molecule has 2 heteroatoms. The Kier molecular flexibility index (Phi) is 20.7. The van der Waals surface area contributed by atoms with Gasteiger partial charge in [0, 0.05) is 17.8 Å². The SMILES string of the molecule is CC(CC(C)=Nc1cc(-c2c(C(C)C)cc(C(C)C)cc2C(C)C)cc(-c2c(C(C)C)cc(C(C)C)cc2C(C)C)c1)=Nc1cc(-c2c(C(C)C)cc(C(C)C)cc2C(C)C)cc(-c2c(C(C)C)cc(C(C)C)cc2C(C)C)c1. The van der Waals surface area contributed by atoms with Gasteiger partial charge in [-0.05, 0) is 233 Å². The molecule has 0 amide bonds. The minimum absolute atomic E-state index is 0.353. The molecule has 0 atom stereocenters. The van der Waals surface area contributed by atoms with E-state index in [1.165, 1.54) is 111 Å². The molecule has 0 aliphatic carbocycles. The first kappa shape index (κ1) is 62.9. The Balaban J connectivity index is 1.64. The van der Waals surface area contributed by atoms with Crippen LogP contribution in [0, 0.1) is 0 Å². The lowest BCUT2D eigenvalue weighted by atomic mass is 9.79. The lowest BCUT2D eigenvalue weighted by molar-refractivity contribution is 0.806. The van der Waals surface area contributed by atoms with Crippen molar-refractivity contribution in [3.8, 4) is 44.5 Å². The standard InChI is InChI=1S/C77H106N2/c1-42(2)56-34-66(46(9)10)74(67(35-56)47(11)12)60-28-61(75-68(48(13)14)36-57(43(3)4)37-69(75)49(15)16)31-64(30-60)78-54(25)27-55(26)79-65-32-62(76-70(50(17)18)38-58(44(5)6)39-71(76)51(19)20)29-63(33-65)77-72(52(21)22)40-59(45(7)8)41-73(77)53(23)24/h28-53H,27H2,1-26H3. The zero-order valence-corrected chi connectivity index (χ0v) is 54.6. The van der Waals surface area contributed by atoms with Crippen molar-refractivity contribution in [2.45, 2.75) is 257 Å². The van der Waals surface area contributed by atoms with Gasteiger partial charge in [-0.25, -0.2) is 0 Å². The van der Waals surface area contributed by atoms with E-state index in [0.717, 1.165) is 22.8 Å². The van der Waals surface area contributed by atoms with E-state index in [4.69, 9.17) is 9.98 Å². The van der Waals surface area contributed by atoms with Crippen LogP contribution in [-0.4, -0.2) is 11.4 Å². The number of benzene rings is 6. The van der Waals surface area contributed by atoms with E-state index in [1.54, 1.807) is 0 Å². The highest BCUT2D eigenvalue weighted by molar-refractivity contribution is 6.04. The molecule has 0 aliphatic rings. The molecule has 0 radical (unpaired) electrons. The fourth-order valence-corrected chi connectivity index (χ4v) is 12.0. The quantitative estimate of drug-likeness (QED) is 0.0681. The highest BCUT2D eigenvalue weighted by Crippen LogP contribution is 2.48. The Hall–Kier alpha value is -5.34. The van der Waals surface area contributed by atoms with Crippen molar-refractivity contribution < 1.29 is 0 Å². The first-order valence-corrected chi connectivity index (χ1v) is 31.0. The van der Waals surface area contributed by atoms with Crippen LogP contribution in [0.4, 0.5) is 11.4 Å². The number of aliphatic imine (C=N–C) groups is 2. The normalized spacial score (nSPS) is 13.0. The summed E-state index contributed by atoms with van der Waals surface area (Å²) in [6.45, 7) is 60.9. The monoisotopic (exact) mass is 1060 g/mol. The molecule has 0 spiro atoms. The minimum atomic E-state index is 0.353. The van der Waals surface area contributed by atoms with Crippen molar-refractivity contribution in [3.05, 3.63) is 152 Å². The first-order chi connectivity index (χ1) is 36.9. The number of hydrogen-bond acceptors (Lipinski definition) is 2. The van der Waals surface area contributed by atoms with E-state index in [2.05, 4.69) is 265 Å². The first-order valence-electron chi connectivity index (χ1n) is 31.0. The van der Waals surface area contributed by atoms with Crippen LogP contribution in [0.25, 0.3) is 44.5 Å². The van der Waals surface area contributed by atoms with Crippen molar-refractivity contribution in [1.82, 2.24) is 0 Å². The van der Waals surface area contributed by atoms with Crippen LogP contribution in [0.1, 0.15) is 324 Å². The zero-order valence-electron chi connectivity index (χ0n) is 54.6. The molecular weight excluding hydrogens is 953 g/mol. The molecule has 0 unspecified atom stereocenters. The molecule has 0 heterocycles. The smallest absolute Gasteiger partial charge is 0.0641 e. The van der Waals surface area contributed by atoms with Crippen molar-refractivity contribution in [1.29, 1.82) is 0 Å². The third-order valence-electron chi connectivity index (χ3n) is 16.7. The van der Waals surface area contributed by atoms with Gasteiger partial charge in [0.2, 0.25) is 0 Å². The lowest BCUT2D eigenvalue weighted by Crippen LogP contribution is -2.06. The summed E-state index contributed by atoms with van der Waals surface area (Å²) in [5, 5.41) is 0. The van der Waals surface area contributed by atoms with Crippen molar-refractivity contribution in [2.24, 2.45) is 9.98 Å². The molecule has 0 saturated carbocycles. The van der Waals surface area contributed by atoms with Crippen LogP contribution < -0.4 is 0 Å². The lowest BCUT2D eigenvalue weighted by Gasteiger charge is -2.26. The summed E-state index contributed by atoms with van der Waals surface area (Å²) in [5.41, 5.74) is 31.6. The number of nitrogens with zero attached hydrogens (tertiary/aromatic N) is 2. The topological polar surface area (TPSA) is 24.7 Å². The van der Waals surface area contributed by atoms with Gasteiger partial charge in [0.25, 0.3) is 0 Å². The van der Waals surface area contributed by atoms with Gasteiger partial charge in [0.1, 0.15) is 0 Å². The number of hydrogen-bond donors (Lipinski definition) is 0. The average Bonchev–Trinajstić information content (AvgIpc) is 3.36. The highest BCUT2D eigenvalue weighted by Gasteiger charge is 2.26. The molecule has 0 saturated heterocycles. The molecule has 0 bridgehead atoms. The molecule has 6 aromatic carbocycles. The third kappa shape index (κ3) is 14.4. The van der Waals surface area contributed by atoms with E-state index in [9.17, 15) is 0 Å². The average molecular weight is 1060 g/mol. The van der Waals surface area contributed by atoms with Gasteiger partial charge < -0.3 is 0 Å². The summed E-state index contributed by atoms with van der Waals surface area (Å²) in [6.07, 6.45) is 0.656. The van der Waals surface area contributed by atoms with Gasteiger partial charge in [-0.15, -0.1) is 0 Å². The van der Waals surface area contributed by atoms with Crippen LogP contribution in [0.3, 0.4) is 0 Å². The second kappa shape index (κ2) is 26.1. The van der Waals surface area contributed by atoms with Crippen molar-refractivity contribution in [2.75, 3.05) is 0 Å². The molecule has 0 aromatic heterocycles. The van der Waals surface area contributed by atoms with Crippen LogP contribution in [0.15, 0.2) is 94.9 Å². The summed E-state index contributed by atoms with van der Waals surface area (Å²) < 4.78 is 0. The zero-order chi connectivity index (χ0) is 58.8. The van der Waals surface area contributed by atoms with Crippen LogP contribution >= 0.6 is 0 Å². The summed E-state index contributed by atoms with van der Waals surface area (Å²) in [7, 11) is 0. The van der Waals surface area contributed by atoms with E-state index in [0.29, 0.717) is 77.4 Å². The van der Waals surface area contributed by atoms with Gasteiger partial charge in [-0.2, -0.15) is 0 Å². The predicted octanol–water partition coefficient (Wildman–Crippen LogP) is 25.1. The van der Waals surface area contributed by atoms with Crippen LogP contribution in [0.5, 0.6) is 0 Å². The summed E-state index contributed by atoms with van der Waals surface area (Å²) in [5.74, 6) is 4.59. The maximum absolute atomic E-state index is 5.64. The molecule has 2 nitrogen and oxygen atoms in total. The summed E-state index contributed by atoms with van der Waals surface area (Å²) in [4.78, 5) is 11.3. The Morgan fingerprint density at radius 2 is 0.405 bits per heavy atom. The van der Waals surface area contributed by atoms with E-state index >= 15 is 0 Å². The second-order valence-corrected chi connectivity index (χ2v) is 27.6. The molecule has 0 aliphatic heterocycles. The molecular formula is C77H106N2. The largest absolute Gasteiger partial charge is 0.258 e. The maximum atomic E-state index is 5.64. The van der Waals surface area contributed by atoms with Gasteiger partial charge in [-0.3, -0.25) is 9.98 Å². The van der Waals surface area contributed by atoms with Crippen LogP contribution in [-0.2, 0) is 0 Å². The minimum Gasteiger partial charge on any atom is -0.258 e. The van der Waals surface area contributed by atoms with Crippen LogP contribution in [0.2, 0.25) is 0 Å². The Morgan fingerprint density at radius 3 is 0.544 bits per heavy atom. The third-order valence-corrected chi connectivity index (χ3v) is 16.7. The molecule has 6 aromatic rings. The Morgan fingerprint density at radius 1 is 0.241 bits per heavy atom. The molecule has 0 N–H and O–H groups in total. The Bertz CT molecular complexity index is 2650. The van der Waals surface area contributed by atoms with E-state index in [-0.39, 0.29) is 0 Å². The molecule has 424 valence electrons. The highest BCUT2D eigenvalue weighted by atomic mass is 14.8. The number of rotatable bonds is 20. The summed E-state index contributed by atoms with van der Waals surface area (Å²) >= 11 is 0. The van der Waals surface area contributed by atoms with E-state index < -0.39 is 0 Å². The fraction of sp³-hybridized carbons (Fsp3) is 0.506. The fourth-order valence-electron chi connectivity index (χ4n) is 12.0. The van der Waals surface area contributed by atoms with E-state index in [1.807, 2.05) is 0 Å². The second-order valence-electron chi connectivity index (χ2n) is 27.6. The maximum Gasteiger partial charge on any atom is 0.0641 e.